The summed E-state index contributed by atoms with van der Waals surface area (Å²) in [5.74, 6) is 0.194. The van der Waals surface area contributed by atoms with Crippen molar-refractivity contribution in [2.45, 2.75) is 45.6 Å². The molecule has 1 aromatic carbocycles. The van der Waals surface area contributed by atoms with Gasteiger partial charge in [-0.1, -0.05) is 36.7 Å². The van der Waals surface area contributed by atoms with Gasteiger partial charge in [-0.3, -0.25) is 9.59 Å². The molecule has 6 nitrogen and oxygen atoms in total. The van der Waals surface area contributed by atoms with Crippen molar-refractivity contribution >= 4 is 33.4 Å². The van der Waals surface area contributed by atoms with Crippen LogP contribution >= 0.6 is 11.3 Å². The minimum absolute atomic E-state index is 0.00495. The first-order chi connectivity index (χ1) is 12.6. The maximum absolute atomic E-state index is 12.6. The highest BCUT2D eigenvalue weighted by Crippen LogP contribution is 2.28. The molecule has 1 aromatic heterocycles. The maximum Gasteiger partial charge on any atom is 0.326 e. The Bertz CT molecular complexity index is 862. The Morgan fingerprint density at radius 3 is 2.73 bits per heavy atom. The van der Waals surface area contributed by atoms with E-state index in [9.17, 15) is 9.59 Å². The van der Waals surface area contributed by atoms with E-state index >= 15 is 0 Å². The number of methoxy groups -OCH3 is 1. The van der Waals surface area contributed by atoms with E-state index in [4.69, 9.17) is 9.47 Å². The van der Waals surface area contributed by atoms with Gasteiger partial charge in [-0.25, -0.2) is 0 Å². The number of hydrogen-bond donors (Lipinski definition) is 0. The van der Waals surface area contributed by atoms with E-state index in [1.807, 2.05) is 18.2 Å². The van der Waals surface area contributed by atoms with Gasteiger partial charge in [0.25, 0.3) is 5.91 Å². The summed E-state index contributed by atoms with van der Waals surface area (Å²) in [6.45, 7) is 2.09. The minimum atomic E-state index is -0.357. The lowest BCUT2D eigenvalue weighted by molar-refractivity contribution is -0.143. The first-order valence-electron chi connectivity index (χ1n) is 9.04. The normalized spacial score (nSPS) is 16.0. The van der Waals surface area contributed by atoms with Crippen LogP contribution in [0.4, 0.5) is 0 Å². The zero-order valence-corrected chi connectivity index (χ0v) is 16.0. The zero-order chi connectivity index (χ0) is 18.5. The largest absolute Gasteiger partial charge is 0.495 e. The second-order valence-corrected chi connectivity index (χ2v) is 7.38. The minimum Gasteiger partial charge on any atom is -0.495 e. The second kappa shape index (κ2) is 8.49. The van der Waals surface area contributed by atoms with Crippen LogP contribution in [0.2, 0.25) is 0 Å². The molecule has 1 aliphatic rings. The first kappa shape index (κ1) is 18.6. The summed E-state index contributed by atoms with van der Waals surface area (Å²) >= 11 is 1.39. The highest BCUT2D eigenvalue weighted by atomic mass is 32.1. The summed E-state index contributed by atoms with van der Waals surface area (Å²) in [6, 6.07) is 5.66. The van der Waals surface area contributed by atoms with E-state index in [1.54, 1.807) is 18.6 Å². The number of ether oxygens (including phenoxy) is 2. The van der Waals surface area contributed by atoms with E-state index in [2.05, 4.69) is 4.99 Å². The summed E-state index contributed by atoms with van der Waals surface area (Å²) in [5.41, 5.74) is 0.767. The fraction of sp³-hybridized carbons (Fsp3) is 0.526. The Kier molecular flexibility index (Phi) is 6.08. The highest BCUT2D eigenvalue weighted by molar-refractivity contribution is 7.16. The molecule has 0 spiro atoms. The predicted molar refractivity (Wildman–Crippen MR) is 100 cm³/mol. The van der Waals surface area contributed by atoms with Gasteiger partial charge in [0.15, 0.2) is 4.80 Å². The third kappa shape index (κ3) is 3.98. The van der Waals surface area contributed by atoms with Gasteiger partial charge in [0, 0.05) is 5.92 Å². The van der Waals surface area contributed by atoms with Crippen molar-refractivity contribution in [3.05, 3.63) is 23.0 Å². The van der Waals surface area contributed by atoms with Crippen molar-refractivity contribution in [1.29, 1.82) is 0 Å². The van der Waals surface area contributed by atoms with Gasteiger partial charge in [-0.15, -0.1) is 0 Å². The second-order valence-electron chi connectivity index (χ2n) is 6.37. The number of nitrogens with zero attached hydrogens (tertiary/aromatic N) is 2. The summed E-state index contributed by atoms with van der Waals surface area (Å²) < 4.78 is 13.2. The summed E-state index contributed by atoms with van der Waals surface area (Å²) in [4.78, 5) is 29.6. The average Bonchev–Trinajstić information content (AvgIpc) is 2.99. The maximum atomic E-state index is 12.6. The van der Waals surface area contributed by atoms with Gasteiger partial charge in [-0.2, -0.15) is 4.99 Å². The fourth-order valence-electron chi connectivity index (χ4n) is 3.37. The SMILES string of the molecule is CCOC(=O)Cn1c(=NC(=O)C2CCCCC2)sc2cccc(OC)c21. The van der Waals surface area contributed by atoms with E-state index in [0.29, 0.717) is 17.2 Å². The third-order valence-corrected chi connectivity index (χ3v) is 5.68. The first-order valence-corrected chi connectivity index (χ1v) is 9.86. The number of para-hydroxylation sites is 1. The molecule has 0 atom stereocenters. The van der Waals surface area contributed by atoms with Crippen LogP contribution in [0.3, 0.4) is 0 Å². The third-order valence-electron chi connectivity index (χ3n) is 4.64. The number of rotatable bonds is 5. The Hall–Kier alpha value is -2.15. The number of benzene rings is 1. The molecule has 1 aliphatic carbocycles. The Morgan fingerprint density at radius 2 is 2.04 bits per heavy atom. The van der Waals surface area contributed by atoms with Gasteiger partial charge in [0.1, 0.15) is 17.8 Å². The molecule has 0 saturated heterocycles. The molecule has 1 amide bonds. The number of aromatic nitrogens is 1. The Morgan fingerprint density at radius 1 is 1.27 bits per heavy atom. The topological polar surface area (TPSA) is 69.9 Å². The van der Waals surface area contributed by atoms with Crippen LogP contribution in [0, 0.1) is 5.92 Å². The Balaban J connectivity index is 2.06. The van der Waals surface area contributed by atoms with Crippen LogP contribution in [0.25, 0.3) is 10.2 Å². The van der Waals surface area contributed by atoms with Crippen molar-refractivity contribution in [2.75, 3.05) is 13.7 Å². The van der Waals surface area contributed by atoms with Crippen LogP contribution < -0.4 is 9.54 Å². The van der Waals surface area contributed by atoms with Crippen molar-refractivity contribution < 1.29 is 19.1 Å². The lowest BCUT2D eigenvalue weighted by Crippen LogP contribution is -2.25. The van der Waals surface area contributed by atoms with Crippen LogP contribution in [-0.2, 0) is 20.9 Å². The highest BCUT2D eigenvalue weighted by Gasteiger charge is 2.22. The fourth-order valence-corrected chi connectivity index (χ4v) is 4.42. The average molecular weight is 376 g/mol. The number of fused-ring (bicyclic) bond motifs is 1. The number of amides is 1. The molecule has 7 heteroatoms. The van der Waals surface area contributed by atoms with E-state index < -0.39 is 0 Å². The molecule has 140 valence electrons. The number of carbonyl (C=O) groups is 2. The van der Waals surface area contributed by atoms with E-state index in [1.165, 1.54) is 17.8 Å². The molecule has 0 unspecified atom stereocenters. The Labute approximate surface area is 156 Å². The molecule has 0 aliphatic heterocycles. The number of hydrogen-bond acceptors (Lipinski definition) is 5. The molecule has 1 heterocycles. The molecule has 2 aromatic rings. The molecule has 1 saturated carbocycles. The lowest BCUT2D eigenvalue weighted by atomic mass is 9.89. The monoisotopic (exact) mass is 376 g/mol. The van der Waals surface area contributed by atoms with Crippen LogP contribution in [0.5, 0.6) is 5.75 Å². The molecule has 0 radical (unpaired) electrons. The van der Waals surface area contributed by atoms with Crippen LogP contribution in [0.15, 0.2) is 23.2 Å². The van der Waals surface area contributed by atoms with Crippen LogP contribution in [0.1, 0.15) is 39.0 Å². The summed E-state index contributed by atoms with van der Waals surface area (Å²) in [6.07, 6.45) is 5.14. The lowest BCUT2D eigenvalue weighted by Gasteiger charge is -2.17. The molecule has 3 rings (SSSR count). The molecule has 0 N–H and O–H groups in total. The van der Waals surface area contributed by atoms with Crippen molar-refractivity contribution in [1.82, 2.24) is 4.57 Å². The van der Waals surface area contributed by atoms with Gasteiger partial charge < -0.3 is 14.0 Å². The van der Waals surface area contributed by atoms with E-state index in [-0.39, 0.29) is 24.3 Å². The summed E-state index contributed by atoms with van der Waals surface area (Å²) in [5, 5.41) is 0. The molecule has 1 fully saturated rings. The predicted octanol–water partition coefficient (Wildman–Crippen LogP) is 3.28. The molecular formula is C19H24N2O4S. The van der Waals surface area contributed by atoms with E-state index in [0.717, 1.165) is 35.9 Å². The van der Waals surface area contributed by atoms with Gasteiger partial charge in [0.2, 0.25) is 0 Å². The number of thiazole rings is 1. The number of esters is 1. The van der Waals surface area contributed by atoms with Crippen molar-refractivity contribution in [2.24, 2.45) is 10.9 Å². The smallest absolute Gasteiger partial charge is 0.326 e. The van der Waals surface area contributed by atoms with Gasteiger partial charge >= 0.3 is 5.97 Å². The molecular weight excluding hydrogens is 352 g/mol. The van der Waals surface area contributed by atoms with Gasteiger partial charge in [0.05, 0.1) is 18.4 Å². The van der Waals surface area contributed by atoms with Crippen LogP contribution in [-0.4, -0.2) is 30.2 Å². The number of carbonyl (C=O) groups excluding carboxylic acids is 2. The molecule has 26 heavy (non-hydrogen) atoms. The van der Waals surface area contributed by atoms with Crippen molar-refractivity contribution in [3.63, 3.8) is 0 Å². The zero-order valence-electron chi connectivity index (χ0n) is 15.2. The summed E-state index contributed by atoms with van der Waals surface area (Å²) in [7, 11) is 1.59. The van der Waals surface area contributed by atoms with Crippen molar-refractivity contribution in [3.8, 4) is 5.75 Å². The standard InChI is InChI=1S/C19H24N2O4S/c1-3-25-16(22)12-21-17-14(24-2)10-7-11-15(17)26-19(21)20-18(23)13-8-5-4-6-9-13/h7,10-11,13H,3-6,8-9,12H2,1-2H3. The quantitative estimate of drug-likeness (QED) is 0.751. The van der Waals surface area contributed by atoms with Gasteiger partial charge in [-0.05, 0) is 31.9 Å². The molecule has 0 bridgehead atoms.